The first kappa shape index (κ1) is 16.1. The molecule has 4 nitrogen and oxygen atoms in total. The summed E-state index contributed by atoms with van der Waals surface area (Å²) < 4.78 is 11.4. The predicted molar refractivity (Wildman–Crippen MR) is 88.6 cm³/mol. The third-order valence-corrected chi connectivity index (χ3v) is 3.90. The molecule has 0 aliphatic carbocycles. The highest BCUT2D eigenvalue weighted by Gasteiger charge is 2.10. The molecule has 0 spiro atoms. The van der Waals surface area contributed by atoms with Gasteiger partial charge >= 0.3 is 0 Å². The third-order valence-electron chi connectivity index (χ3n) is 3.18. The van der Waals surface area contributed by atoms with Gasteiger partial charge in [0.15, 0.2) is 5.78 Å². The molecule has 0 radical (unpaired) electrons. The summed E-state index contributed by atoms with van der Waals surface area (Å²) in [7, 11) is -0.983. The molecule has 0 aromatic heterocycles. The second-order valence-corrected chi connectivity index (χ2v) is 6.40. The van der Waals surface area contributed by atoms with Crippen LogP contribution in [0.25, 0.3) is 0 Å². The van der Waals surface area contributed by atoms with E-state index < -0.39 is 10.8 Å². The number of benzene rings is 2. The van der Waals surface area contributed by atoms with E-state index >= 15 is 0 Å². The first-order valence-electron chi connectivity index (χ1n) is 6.77. The van der Waals surface area contributed by atoms with E-state index in [4.69, 9.17) is 0 Å². The smallest absolute Gasteiger partial charge is 0.255 e. The van der Waals surface area contributed by atoms with Crippen molar-refractivity contribution in [1.82, 2.24) is 0 Å². The Hall–Kier alpha value is -2.27. The second-order valence-electron chi connectivity index (χ2n) is 4.96. The Bertz CT molecular complexity index is 723. The van der Waals surface area contributed by atoms with Gasteiger partial charge < -0.3 is 5.32 Å². The van der Waals surface area contributed by atoms with Crippen molar-refractivity contribution in [2.24, 2.45) is 0 Å². The Morgan fingerprint density at radius 1 is 1.00 bits per heavy atom. The minimum absolute atomic E-state index is 0.0391. The van der Waals surface area contributed by atoms with Gasteiger partial charge in [0.05, 0.1) is 5.75 Å². The van der Waals surface area contributed by atoms with Gasteiger partial charge in [-0.25, -0.2) is 0 Å². The maximum absolute atomic E-state index is 12.3. The van der Waals surface area contributed by atoms with Crippen LogP contribution in [-0.4, -0.2) is 22.2 Å². The monoisotopic (exact) mass is 315 g/mol. The molecule has 0 fully saturated rings. The molecule has 0 unspecified atom stereocenters. The van der Waals surface area contributed by atoms with Gasteiger partial charge in [0.25, 0.3) is 5.91 Å². The van der Waals surface area contributed by atoms with Crippen molar-refractivity contribution < 1.29 is 13.8 Å². The number of anilines is 1. The summed E-state index contributed by atoms with van der Waals surface area (Å²) in [5.74, 6) is 0.0897. The van der Waals surface area contributed by atoms with Crippen LogP contribution in [0.5, 0.6) is 0 Å². The highest BCUT2D eigenvalue weighted by atomic mass is 32.2. The molecular formula is C17H17NO3S. The summed E-state index contributed by atoms with van der Waals surface area (Å²) in [4.78, 5) is 23.5. The van der Waals surface area contributed by atoms with Gasteiger partial charge in [-0.05, 0) is 30.7 Å². The molecule has 114 valence electrons. The van der Waals surface area contributed by atoms with Crippen molar-refractivity contribution in [3.63, 3.8) is 0 Å². The van der Waals surface area contributed by atoms with E-state index in [0.717, 1.165) is 5.56 Å². The first-order valence-corrected chi connectivity index (χ1v) is 8.50. The van der Waals surface area contributed by atoms with Crippen LogP contribution in [-0.2, 0) is 16.6 Å². The number of para-hydroxylation sites is 1. The Labute approximate surface area is 132 Å². The van der Waals surface area contributed by atoms with Crippen molar-refractivity contribution in [2.75, 3.05) is 11.6 Å². The predicted octanol–water partition coefficient (Wildman–Crippen LogP) is 3.02. The van der Waals surface area contributed by atoms with Gasteiger partial charge in [-0.1, -0.05) is 30.3 Å². The largest absolute Gasteiger partial charge is 0.322 e. The van der Waals surface area contributed by atoms with E-state index in [2.05, 4.69) is 5.32 Å². The zero-order valence-electron chi connectivity index (χ0n) is 12.5. The molecule has 1 atom stereocenters. The zero-order chi connectivity index (χ0) is 16.1. The molecule has 0 heterocycles. The third kappa shape index (κ3) is 4.11. The zero-order valence-corrected chi connectivity index (χ0v) is 13.3. The van der Waals surface area contributed by atoms with Gasteiger partial charge in [-0.3, -0.25) is 13.8 Å². The van der Waals surface area contributed by atoms with Crippen LogP contribution in [0, 0.1) is 0 Å². The molecule has 1 N–H and O–H groups in total. The highest BCUT2D eigenvalue weighted by molar-refractivity contribution is 7.83. The fraction of sp³-hybridized carbons (Fsp3) is 0.176. The maximum atomic E-state index is 12.3. The summed E-state index contributed by atoms with van der Waals surface area (Å²) in [6.07, 6.45) is 1.62. The normalized spacial score (nSPS) is 11.7. The number of rotatable bonds is 5. The molecule has 1 amide bonds. The van der Waals surface area contributed by atoms with E-state index in [-0.39, 0.29) is 11.7 Å². The number of ketones is 1. The Morgan fingerprint density at radius 3 is 2.18 bits per heavy atom. The van der Waals surface area contributed by atoms with E-state index in [1.54, 1.807) is 36.6 Å². The molecule has 22 heavy (non-hydrogen) atoms. The van der Waals surface area contributed by atoms with Crippen LogP contribution in [0.1, 0.15) is 33.2 Å². The lowest BCUT2D eigenvalue weighted by atomic mass is 10.1. The molecule has 0 aliphatic heterocycles. The Balaban J connectivity index is 2.18. The molecule has 0 aliphatic rings. The summed E-state index contributed by atoms with van der Waals surface area (Å²) in [5, 5.41) is 2.82. The van der Waals surface area contributed by atoms with Crippen LogP contribution in [0.4, 0.5) is 5.69 Å². The molecule has 0 saturated carbocycles. The molecular weight excluding hydrogens is 298 g/mol. The first-order chi connectivity index (χ1) is 10.5. The number of hydrogen-bond acceptors (Lipinski definition) is 3. The number of Topliss-reactive ketones (excluding diaryl/α,β-unsaturated/α-hetero) is 1. The number of hydrogen-bond donors (Lipinski definition) is 1. The lowest BCUT2D eigenvalue weighted by Gasteiger charge is -2.10. The van der Waals surface area contributed by atoms with Gasteiger partial charge in [0.1, 0.15) is 0 Å². The summed E-state index contributed by atoms with van der Waals surface area (Å²) >= 11 is 0. The topological polar surface area (TPSA) is 63.2 Å². The lowest BCUT2D eigenvalue weighted by Crippen LogP contribution is -2.13. The van der Waals surface area contributed by atoms with Crippen LogP contribution in [0.2, 0.25) is 0 Å². The quantitative estimate of drug-likeness (QED) is 0.863. The maximum Gasteiger partial charge on any atom is 0.255 e. The lowest BCUT2D eigenvalue weighted by molar-refractivity contribution is 0.100. The average molecular weight is 315 g/mol. The fourth-order valence-corrected chi connectivity index (χ4v) is 2.73. The SMILES string of the molecule is CC(=O)c1ccc(C(=O)Nc2ccccc2C[S@](C)=O)cc1. The fourth-order valence-electron chi connectivity index (χ4n) is 2.04. The van der Waals surface area contributed by atoms with Gasteiger partial charge in [0, 0.05) is 33.9 Å². The van der Waals surface area contributed by atoms with Crippen LogP contribution < -0.4 is 5.32 Å². The van der Waals surface area contributed by atoms with Gasteiger partial charge in [-0.15, -0.1) is 0 Å². The van der Waals surface area contributed by atoms with E-state index in [1.807, 2.05) is 18.2 Å². The Kier molecular flexibility index (Phi) is 5.22. The minimum Gasteiger partial charge on any atom is -0.322 e. The number of carbonyl (C=O) groups is 2. The van der Waals surface area contributed by atoms with Crippen molar-refractivity contribution in [3.8, 4) is 0 Å². The average Bonchev–Trinajstić information content (AvgIpc) is 2.48. The summed E-state index contributed by atoms with van der Waals surface area (Å²) in [6.45, 7) is 1.48. The van der Waals surface area contributed by atoms with Gasteiger partial charge in [-0.2, -0.15) is 0 Å². The second kappa shape index (κ2) is 7.13. The minimum atomic E-state index is -0.983. The van der Waals surface area contributed by atoms with Crippen molar-refractivity contribution in [3.05, 3.63) is 65.2 Å². The summed E-state index contributed by atoms with van der Waals surface area (Å²) in [6, 6.07) is 13.8. The van der Waals surface area contributed by atoms with Crippen molar-refractivity contribution >= 4 is 28.2 Å². The standard InChI is InChI=1S/C17H17NO3S/c1-12(19)13-7-9-14(10-8-13)17(20)18-16-6-4-3-5-15(16)11-22(2)21/h3-10H,11H2,1-2H3,(H,18,20)/t22-/m0/s1. The molecule has 0 saturated heterocycles. The van der Waals surface area contributed by atoms with Gasteiger partial charge in [0.2, 0.25) is 0 Å². The van der Waals surface area contributed by atoms with Crippen molar-refractivity contribution in [1.29, 1.82) is 0 Å². The van der Waals surface area contributed by atoms with Crippen LogP contribution in [0.15, 0.2) is 48.5 Å². The van der Waals surface area contributed by atoms with E-state index in [0.29, 0.717) is 22.6 Å². The van der Waals surface area contributed by atoms with Crippen LogP contribution >= 0.6 is 0 Å². The van der Waals surface area contributed by atoms with Crippen LogP contribution in [0.3, 0.4) is 0 Å². The Morgan fingerprint density at radius 2 is 1.59 bits per heavy atom. The number of carbonyl (C=O) groups excluding carboxylic acids is 2. The highest BCUT2D eigenvalue weighted by Crippen LogP contribution is 2.18. The van der Waals surface area contributed by atoms with E-state index in [9.17, 15) is 13.8 Å². The molecule has 2 aromatic carbocycles. The number of amides is 1. The molecule has 2 aromatic rings. The van der Waals surface area contributed by atoms with Crippen molar-refractivity contribution in [2.45, 2.75) is 12.7 Å². The molecule has 5 heteroatoms. The molecule has 0 bridgehead atoms. The molecule has 2 rings (SSSR count). The summed E-state index contributed by atoms with van der Waals surface area (Å²) in [5.41, 5.74) is 2.52. The number of nitrogens with one attached hydrogen (secondary N) is 1. The van der Waals surface area contributed by atoms with E-state index in [1.165, 1.54) is 6.92 Å².